The standard InChI is InChI=1S/C33H48N2O6S/c1-31-12-9-21(41-27(36)6-4-3-5-26-29-25(18-42-26)34-30(38)35-29)16-20(31)7-8-24-23(31)10-13-32(2)22(11-14-33(24,32)39)19-15-28(37)40-17-19/h15,20-26,29,39H,3-14,16-18H2,1-2H3,(H2,34,35,38)/t20-,21+,22-,23+,24-,25+,26+,29+,31+,32-,33+/m1/s1. The van der Waals surface area contributed by atoms with Crippen molar-refractivity contribution < 1.29 is 29.0 Å². The van der Waals surface area contributed by atoms with Gasteiger partial charge in [0.05, 0.1) is 17.7 Å². The van der Waals surface area contributed by atoms with Crippen LogP contribution in [-0.4, -0.2) is 64.5 Å². The first-order valence-corrected chi connectivity index (χ1v) is 17.6. The lowest BCUT2D eigenvalue weighted by molar-refractivity contribution is -0.210. The fraction of sp³-hybridized carbons (Fsp3) is 0.848. The summed E-state index contributed by atoms with van der Waals surface area (Å²) in [5.74, 6) is 2.21. The lowest BCUT2D eigenvalue weighted by Crippen LogP contribution is -2.62. The van der Waals surface area contributed by atoms with Gasteiger partial charge >= 0.3 is 18.0 Å². The van der Waals surface area contributed by atoms with Crippen molar-refractivity contribution in [3.63, 3.8) is 0 Å². The number of urea groups is 1. The van der Waals surface area contributed by atoms with Gasteiger partial charge in [-0.3, -0.25) is 4.79 Å². The molecule has 0 unspecified atom stereocenters. The second kappa shape index (κ2) is 10.7. The zero-order valence-corrected chi connectivity index (χ0v) is 26.0. The van der Waals surface area contributed by atoms with E-state index >= 15 is 0 Å². The van der Waals surface area contributed by atoms with Gasteiger partial charge in [-0.25, -0.2) is 9.59 Å². The van der Waals surface area contributed by atoms with Gasteiger partial charge < -0.3 is 25.2 Å². The van der Waals surface area contributed by atoms with Gasteiger partial charge in [0.2, 0.25) is 0 Å². The third-order valence-electron chi connectivity index (χ3n) is 13.3. The highest BCUT2D eigenvalue weighted by atomic mass is 32.2. The van der Waals surface area contributed by atoms with Crippen LogP contribution in [-0.2, 0) is 19.1 Å². The predicted octanol–water partition coefficient (Wildman–Crippen LogP) is 4.88. The average Bonchev–Trinajstić information content (AvgIpc) is 3.70. The van der Waals surface area contributed by atoms with Crippen LogP contribution < -0.4 is 10.6 Å². The monoisotopic (exact) mass is 600 g/mol. The van der Waals surface area contributed by atoms with Gasteiger partial charge in [0.1, 0.15) is 12.7 Å². The number of amides is 2. The second-order valence-corrected chi connectivity index (χ2v) is 16.3. The molecule has 8 nitrogen and oxygen atoms in total. The lowest BCUT2D eigenvalue weighted by Gasteiger charge is -2.63. The number of cyclic esters (lactones) is 1. The summed E-state index contributed by atoms with van der Waals surface area (Å²) in [6, 6.07) is 0.421. The molecular formula is C33H48N2O6S. The highest BCUT2D eigenvalue weighted by molar-refractivity contribution is 8.00. The SMILES string of the molecule is C[C@]12CC[C@H](OC(=O)CCCC[C@@H]3SC[C@@H]4NC(=O)N[C@@H]43)C[C@H]1CC[C@@H]1[C@@H]2CC[C@]2(C)[C@@H](C3=CC(=O)OC3)CC[C@]12O. The number of carbonyl (C=O) groups is 3. The predicted molar refractivity (Wildman–Crippen MR) is 160 cm³/mol. The molecule has 4 saturated carbocycles. The summed E-state index contributed by atoms with van der Waals surface area (Å²) in [5.41, 5.74) is 0.366. The number of ether oxygens (including phenoxy) is 2. The normalized spacial score (nSPS) is 47.4. The number of rotatable bonds is 7. The molecule has 6 fully saturated rings. The molecular weight excluding hydrogens is 552 g/mol. The van der Waals surface area contributed by atoms with E-state index in [2.05, 4.69) is 24.5 Å². The molecule has 9 heteroatoms. The molecule has 0 aromatic heterocycles. The Morgan fingerprint density at radius 3 is 2.74 bits per heavy atom. The van der Waals surface area contributed by atoms with E-state index in [9.17, 15) is 19.5 Å². The van der Waals surface area contributed by atoms with E-state index < -0.39 is 5.60 Å². The molecule has 2 saturated heterocycles. The molecule has 3 heterocycles. The van der Waals surface area contributed by atoms with E-state index in [-0.39, 0.29) is 52.9 Å². The second-order valence-electron chi connectivity index (χ2n) is 15.0. The Morgan fingerprint density at radius 2 is 1.93 bits per heavy atom. The Labute approximate surface area is 253 Å². The van der Waals surface area contributed by atoms with Crippen LogP contribution in [0.2, 0.25) is 0 Å². The maximum atomic E-state index is 12.8. The first-order chi connectivity index (χ1) is 20.1. The van der Waals surface area contributed by atoms with Crippen molar-refractivity contribution in [2.24, 2.45) is 34.5 Å². The van der Waals surface area contributed by atoms with Crippen LogP contribution in [0.1, 0.15) is 97.3 Å². The molecule has 3 N–H and O–H groups in total. The third kappa shape index (κ3) is 4.62. The molecule has 7 rings (SSSR count). The van der Waals surface area contributed by atoms with Crippen molar-refractivity contribution in [2.45, 2.75) is 126 Å². The number of unbranched alkanes of at least 4 members (excludes halogenated alkanes) is 1. The number of aliphatic hydroxyl groups is 1. The van der Waals surface area contributed by atoms with Crippen LogP contribution in [0.25, 0.3) is 0 Å². The molecule has 11 atom stereocenters. The summed E-state index contributed by atoms with van der Waals surface area (Å²) < 4.78 is 11.3. The molecule has 0 spiro atoms. The molecule has 0 radical (unpaired) electrons. The van der Waals surface area contributed by atoms with E-state index in [1.807, 2.05) is 11.8 Å². The van der Waals surface area contributed by atoms with Gasteiger partial charge in [-0.2, -0.15) is 11.8 Å². The average molecular weight is 601 g/mol. The highest BCUT2D eigenvalue weighted by Crippen LogP contribution is 2.70. The molecule has 42 heavy (non-hydrogen) atoms. The van der Waals surface area contributed by atoms with Crippen molar-refractivity contribution >= 4 is 29.7 Å². The minimum atomic E-state index is -0.692. The van der Waals surface area contributed by atoms with Crippen LogP contribution in [0, 0.1) is 34.5 Å². The largest absolute Gasteiger partial charge is 0.462 e. The number of carbonyl (C=O) groups excluding carboxylic acids is 3. The summed E-state index contributed by atoms with van der Waals surface area (Å²) in [4.78, 5) is 36.2. The Hall–Kier alpha value is -1.74. The Morgan fingerprint density at radius 1 is 1.07 bits per heavy atom. The van der Waals surface area contributed by atoms with E-state index in [0.29, 0.717) is 36.0 Å². The quantitative estimate of drug-likeness (QED) is 0.217. The molecule has 0 aromatic carbocycles. The van der Waals surface area contributed by atoms with Crippen molar-refractivity contribution in [1.82, 2.24) is 10.6 Å². The molecule has 232 valence electrons. The van der Waals surface area contributed by atoms with Crippen LogP contribution in [0.4, 0.5) is 4.79 Å². The van der Waals surface area contributed by atoms with E-state index in [4.69, 9.17) is 9.47 Å². The number of fused-ring (bicyclic) bond motifs is 6. The Balaban J connectivity index is 0.912. The smallest absolute Gasteiger partial charge is 0.331 e. The topological polar surface area (TPSA) is 114 Å². The molecule has 0 aromatic rings. The van der Waals surface area contributed by atoms with Gasteiger partial charge in [0.15, 0.2) is 0 Å². The van der Waals surface area contributed by atoms with E-state index in [0.717, 1.165) is 88.4 Å². The number of hydrogen-bond acceptors (Lipinski definition) is 7. The first-order valence-electron chi connectivity index (χ1n) is 16.6. The van der Waals surface area contributed by atoms with Gasteiger partial charge in [0.25, 0.3) is 0 Å². The third-order valence-corrected chi connectivity index (χ3v) is 14.8. The van der Waals surface area contributed by atoms with Crippen molar-refractivity contribution in [3.05, 3.63) is 11.6 Å². The molecule has 7 aliphatic rings. The highest BCUT2D eigenvalue weighted by Gasteiger charge is 2.67. The molecule has 4 aliphatic carbocycles. The molecule has 2 amide bonds. The summed E-state index contributed by atoms with van der Waals surface area (Å²) in [5, 5.41) is 18.9. The van der Waals surface area contributed by atoms with Crippen LogP contribution in [0.15, 0.2) is 11.6 Å². The van der Waals surface area contributed by atoms with E-state index in [1.54, 1.807) is 6.08 Å². The van der Waals surface area contributed by atoms with Crippen molar-refractivity contribution in [1.29, 1.82) is 0 Å². The van der Waals surface area contributed by atoms with Gasteiger partial charge in [0, 0.05) is 28.9 Å². The number of esters is 2. The first kappa shape index (κ1) is 29.0. The van der Waals surface area contributed by atoms with Crippen LogP contribution in [0.5, 0.6) is 0 Å². The Kier molecular flexibility index (Phi) is 7.39. The minimum Gasteiger partial charge on any atom is -0.462 e. The zero-order chi connectivity index (χ0) is 29.3. The van der Waals surface area contributed by atoms with Crippen LogP contribution >= 0.6 is 11.8 Å². The van der Waals surface area contributed by atoms with Crippen LogP contribution in [0.3, 0.4) is 0 Å². The summed E-state index contributed by atoms with van der Waals surface area (Å²) in [6.07, 6.45) is 13.9. The fourth-order valence-electron chi connectivity index (χ4n) is 11.0. The number of hydrogen-bond donors (Lipinski definition) is 3. The van der Waals surface area contributed by atoms with Gasteiger partial charge in [-0.1, -0.05) is 20.3 Å². The Bertz CT molecular complexity index is 1160. The van der Waals surface area contributed by atoms with Crippen molar-refractivity contribution in [2.75, 3.05) is 12.4 Å². The minimum absolute atomic E-state index is 0.0118. The zero-order valence-electron chi connectivity index (χ0n) is 25.2. The van der Waals surface area contributed by atoms with Crippen molar-refractivity contribution in [3.8, 4) is 0 Å². The fourth-order valence-corrected chi connectivity index (χ4v) is 12.5. The summed E-state index contributed by atoms with van der Waals surface area (Å²) in [6.45, 7) is 5.13. The molecule has 0 bridgehead atoms. The molecule has 3 aliphatic heterocycles. The summed E-state index contributed by atoms with van der Waals surface area (Å²) in [7, 11) is 0. The lowest BCUT2D eigenvalue weighted by atomic mass is 9.43. The summed E-state index contributed by atoms with van der Waals surface area (Å²) >= 11 is 1.92. The number of nitrogens with one attached hydrogen (secondary N) is 2. The van der Waals surface area contributed by atoms with Gasteiger partial charge in [-0.05, 0) is 105 Å². The maximum Gasteiger partial charge on any atom is 0.331 e. The van der Waals surface area contributed by atoms with Gasteiger partial charge in [-0.15, -0.1) is 0 Å². The van der Waals surface area contributed by atoms with E-state index in [1.165, 1.54) is 0 Å². The number of thioether (sulfide) groups is 1. The maximum absolute atomic E-state index is 12.8.